The SMILES string of the molecule is CN(C(=O)COC(=O)c1csc2c1CCCC2)C1CCS(=O)(=O)C1. The number of likely N-dealkylation sites (N-methyl/N-ethyl adjacent to an activating group) is 1. The molecule has 24 heavy (non-hydrogen) atoms. The Bertz CT molecular complexity index is 753. The van der Waals surface area contributed by atoms with E-state index in [4.69, 9.17) is 4.74 Å². The molecule has 1 saturated heterocycles. The van der Waals surface area contributed by atoms with Crippen LogP contribution in [0.2, 0.25) is 0 Å². The third-order valence-corrected chi connectivity index (χ3v) is 7.60. The van der Waals surface area contributed by atoms with Gasteiger partial charge in [0.1, 0.15) is 0 Å². The molecular weight excluding hydrogens is 350 g/mol. The summed E-state index contributed by atoms with van der Waals surface area (Å²) in [7, 11) is -1.49. The van der Waals surface area contributed by atoms with Crippen LogP contribution in [0.1, 0.15) is 40.1 Å². The van der Waals surface area contributed by atoms with Gasteiger partial charge in [0.25, 0.3) is 5.91 Å². The topological polar surface area (TPSA) is 80.8 Å². The molecule has 0 bridgehead atoms. The third kappa shape index (κ3) is 3.64. The summed E-state index contributed by atoms with van der Waals surface area (Å²) in [5.74, 6) is -0.734. The predicted molar refractivity (Wildman–Crippen MR) is 91.1 cm³/mol. The molecule has 0 radical (unpaired) electrons. The zero-order valence-corrected chi connectivity index (χ0v) is 15.2. The van der Waals surface area contributed by atoms with Crippen molar-refractivity contribution in [3.8, 4) is 0 Å². The van der Waals surface area contributed by atoms with Crippen molar-refractivity contribution in [2.75, 3.05) is 25.2 Å². The second kappa shape index (κ2) is 6.84. The molecule has 1 atom stereocenters. The van der Waals surface area contributed by atoms with Gasteiger partial charge >= 0.3 is 5.97 Å². The van der Waals surface area contributed by atoms with Crippen LogP contribution in [-0.4, -0.2) is 56.4 Å². The van der Waals surface area contributed by atoms with E-state index in [1.165, 1.54) is 9.78 Å². The number of hydrogen-bond donors (Lipinski definition) is 0. The summed E-state index contributed by atoms with van der Waals surface area (Å²) < 4.78 is 28.2. The van der Waals surface area contributed by atoms with Gasteiger partial charge in [-0.15, -0.1) is 11.3 Å². The van der Waals surface area contributed by atoms with Gasteiger partial charge in [0, 0.05) is 23.3 Å². The van der Waals surface area contributed by atoms with Gasteiger partial charge in [-0.2, -0.15) is 0 Å². The molecule has 1 amide bonds. The van der Waals surface area contributed by atoms with Crippen molar-refractivity contribution in [1.82, 2.24) is 4.90 Å². The van der Waals surface area contributed by atoms with Crippen molar-refractivity contribution < 1.29 is 22.7 Å². The van der Waals surface area contributed by atoms with E-state index in [9.17, 15) is 18.0 Å². The molecule has 1 aromatic rings. The fourth-order valence-electron chi connectivity index (χ4n) is 3.26. The van der Waals surface area contributed by atoms with Crippen molar-refractivity contribution in [2.24, 2.45) is 0 Å². The number of thiophene rings is 1. The van der Waals surface area contributed by atoms with E-state index < -0.39 is 15.8 Å². The molecule has 3 rings (SSSR count). The summed E-state index contributed by atoms with van der Waals surface area (Å²) in [5, 5.41) is 1.82. The number of hydrogen-bond acceptors (Lipinski definition) is 6. The smallest absolute Gasteiger partial charge is 0.339 e. The fourth-order valence-corrected chi connectivity index (χ4v) is 6.15. The van der Waals surface area contributed by atoms with E-state index in [1.807, 2.05) is 5.38 Å². The lowest BCUT2D eigenvalue weighted by Gasteiger charge is -2.23. The zero-order chi connectivity index (χ0) is 17.3. The fraction of sp³-hybridized carbons (Fsp3) is 0.625. The van der Waals surface area contributed by atoms with Gasteiger partial charge in [0.05, 0.1) is 17.1 Å². The van der Waals surface area contributed by atoms with E-state index in [1.54, 1.807) is 18.4 Å². The number of amides is 1. The molecule has 1 fully saturated rings. The summed E-state index contributed by atoms with van der Waals surface area (Å²) in [6.45, 7) is -0.351. The zero-order valence-electron chi connectivity index (χ0n) is 13.6. The molecule has 2 heterocycles. The minimum atomic E-state index is -3.05. The maximum absolute atomic E-state index is 12.2. The van der Waals surface area contributed by atoms with E-state index >= 15 is 0 Å². The Hall–Kier alpha value is -1.41. The molecule has 0 spiro atoms. The number of aryl methyl sites for hydroxylation is 1. The van der Waals surface area contributed by atoms with Crippen LogP contribution in [0.4, 0.5) is 0 Å². The van der Waals surface area contributed by atoms with E-state index in [2.05, 4.69) is 0 Å². The van der Waals surface area contributed by atoms with E-state index in [0.717, 1.165) is 31.2 Å². The number of sulfone groups is 1. The van der Waals surface area contributed by atoms with Crippen molar-refractivity contribution in [3.05, 3.63) is 21.4 Å². The van der Waals surface area contributed by atoms with Crippen LogP contribution in [0.15, 0.2) is 5.38 Å². The minimum absolute atomic E-state index is 0.0127. The highest BCUT2D eigenvalue weighted by Crippen LogP contribution is 2.30. The Kier molecular flexibility index (Phi) is 4.96. The van der Waals surface area contributed by atoms with Crippen LogP contribution in [0, 0.1) is 0 Å². The van der Waals surface area contributed by atoms with Crippen LogP contribution >= 0.6 is 11.3 Å². The maximum atomic E-state index is 12.2. The van der Waals surface area contributed by atoms with Crippen molar-refractivity contribution in [2.45, 2.75) is 38.1 Å². The molecule has 1 unspecified atom stereocenters. The van der Waals surface area contributed by atoms with E-state index in [-0.39, 0.29) is 30.1 Å². The highest BCUT2D eigenvalue weighted by atomic mass is 32.2. The summed E-state index contributed by atoms with van der Waals surface area (Å²) >= 11 is 1.58. The van der Waals surface area contributed by atoms with Crippen LogP contribution in [0.5, 0.6) is 0 Å². The average Bonchev–Trinajstić information content (AvgIpc) is 3.14. The molecule has 1 aromatic heterocycles. The van der Waals surface area contributed by atoms with Gasteiger partial charge in [-0.05, 0) is 37.7 Å². The lowest BCUT2D eigenvalue weighted by Crippen LogP contribution is -2.40. The van der Waals surface area contributed by atoms with Gasteiger partial charge in [0.2, 0.25) is 0 Å². The first-order valence-electron chi connectivity index (χ1n) is 8.10. The Morgan fingerprint density at radius 2 is 2.08 bits per heavy atom. The highest BCUT2D eigenvalue weighted by Gasteiger charge is 2.33. The van der Waals surface area contributed by atoms with Crippen molar-refractivity contribution >= 4 is 33.1 Å². The maximum Gasteiger partial charge on any atom is 0.339 e. The van der Waals surface area contributed by atoms with Crippen LogP contribution in [0.3, 0.4) is 0 Å². The van der Waals surface area contributed by atoms with Gasteiger partial charge < -0.3 is 9.64 Å². The highest BCUT2D eigenvalue weighted by molar-refractivity contribution is 7.91. The molecule has 8 heteroatoms. The number of ether oxygens (including phenoxy) is 1. The standard InChI is InChI=1S/C16H21NO5S2/c1-17(11-6-7-24(20,21)10-11)15(18)8-22-16(19)13-9-23-14-5-3-2-4-12(13)14/h9,11H,2-8,10H2,1H3. The number of carbonyl (C=O) groups excluding carboxylic acids is 2. The Morgan fingerprint density at radius 3 is 2.79 bits per heavy atom. The first kappa shape index (κ1) is 17.4. The molecule has 0 saturated carbocycles. The summed E-state index contributed by atoms with van der Waals surface area (Å²) in [6.07, 6.45) is 4.55. The molecular formula is C16H21NO5S2. The van der Waals surface area contributed by atoms with Gasteiger partial charge in [0.15, 0.2) is 16.4 Å². The molecule has 2 aliphatic rings. The minimum Gasteiger partial charge on any atom is -0.452 e. The predicted octanol–water partition coefficient (Wildman–Crippen LogP) is 1.43. The number of esters is 1. The molecule has 6 nitrogen and oxygen atoms in total. The van der Waals surface area contributed by atoms with Gasteiger partial charge in [-0.3, -0.25) is 4.79 Å². The average molecular weight is 371 g/mol. The molecule has 0 aromatic carbocycles. The lowest BCUT2D eigenvalue weighted by molar-refractivity contribution is -0.134. The normalized spacial score (nSPS) is 22.0. The number of carbonyl (C=O) groups is 2. The van der Waals surface area contributed by atoms with Crippen LogP contribution in [0.25, 0.3) is 0 Å². The Balaban J connectivity index is 1.56. The number of nitrogens with zero attached hydrogens (tertiary/aromatic N) is 1. The Morgan fingerprint density at radius 1 is 1.33 bits per heavy atom. The Labute approximate surface area is 145 Å². The molecule has 0 N–H and O–H groups in total. The quantitative estimate of drug-likeness (QED) is 0.748. The number of fused-ring (bicyclic) bond motifs is 1. The number of rotatable bonds is 4. The second-order valence-corrected chi connectivity index (χ2v) is 9.59. The largest absolute Gasteiger partial charge is 0.452 e. The second-order valence-electron chi connectivity index (χ2n) is 6.40. The van der Waals surface area contributed by atoms with E-state index in [0.29, 0.717) is 12.0 Å². The lowest BCUT2D eigenvalue weighted by atomic mass is 9.96. The van der Waals surface area contributed by atoms with Crippen LogP contribution in [-0.2, 0) is 32.2 Å². The molecule has 132 valence electrons. The summed E-state index contributed by atoms with van der Waals surface area (Å²) in [6, 6.07) is -0.324. The monoisotopic (exact) mass is 371 g/mol. The summed E-state index contributed by atoms with van der Waals surface area (Å²) in [5.41, 5.74) is 1.65. The van der Waals surface area contributed by atoms with Crippen LogP contribution < -0.4 is 0 Å². The van der Waals surface area contributed by atoms with Gasteiger partial charge in [-0.1, -0.05) is 0 Å². The first-order valence-corrected chi connectivity index (χ1v) is 10.8. The third-order valence-electron chi connectivity index (χ3n) is 4.76. The van der Waals surface area contributed by atoms with Gasteiger partial charge in [-0.25, -0.2) is 13.2 Å². The summed E-state index contributed by atoms with van der Waals surface area (Å²) in [4.78, 5) is 27.0. The van der Waals surface area contributed by atoms with Crippen molar-refractivity contribution in [3.63, 3.8) is 0 Å². The first-order chi connectivity index (χ1) is 11.4. The molecule has 1 aliphatic heterocycles. The molecule has 1 aliphatic carbocycles. The van der Waals surface area contributed by atoms with Crippen molar-refractivity contribution in [1.29, 1.82) is 0 Å².